The molecule has 2 aromatic rings. The highest BCUT2D eigenvalue weighted by molar-refractivity contribution is 7.89. The lowest BCUT2D eigenvalue weighted by Gasteiger charge is -2.14. The molecular formula is C18H17FN2O4S. The fourth-order valence-electron chi connectivity index (χ4n) is 2.73. The van der Waals surface area contributed by atoms with Gasteiger partial charge in [0.05, 0.1) is 16.9 Å². The summed E-state index contributed by atoms with van der Waals surface area (Å²) in [7, 11) is -3.65. The van der Waals surface area contributed by atoms with E-state index in [1.165, 1.54) is 12.1 Å². The van der Waals surface area contributed by atoms with Gasteiger partial charge in [0, 0.05) is 13.1 Å². The Balaban J connectivity index is 1.53. The van der Waals surface area contributed by atoms with Gasteiger partial charge in [-0.05, 0) is 36.2 Å². The summed E-state index contributed by atoms with van der Waals surface area (Å²) in [6.45, 7) is -0.0612. The van der Waals surface area contributed by atoms with Crippen LogP contribution in [0.4, 0.5) is 4.39 Å². The summed E-state index contributed by atoms with van der Waals surface area (Å²) in [4.78, 5) is 25.4. The smallest absolute Gasteiger partial charge is 0.261 e. The summed E-state index contributed by atoms with van der Waals surface area (Å²) in [5, 5.41) is 0. The van der Waals surface area contributed by atoms with Gasteiger partial charge in [0.15, 0.2) is 0 Å². The van der Waals surface area contributed by atoms with E-state index in [4.69, 9.17) is 0 Å². The molecule has 0 aliphatic carbocycles. The van der Waals surface area contributed by atoms with Crippen LogP contribution in [0.1, 0.15) is 26.3 Å². The van der Waals surface area contributed by atoms with Crippen molar-refractivity contribution in [2.24, 2.45) is 0 Å². The number of halogens is 1. The molecule has 1 heterocycles. The van der Waals surface area contributed by atoms with Gasteiger partial charge in [-0.25, -0.2) is 17.5 Å². The van der Waals surface area contributed by atoms with Gasteiger partial charge in [0.2, 0.25) is 10.0 Å². The first-order chi connectivity index (χ1) is 12.4. The van der Waals surface area contributed by atoms with Gasteiger partial charge >= 0.3 is 0 Å². The number of carbonyl (C=O) groups is 2. The Hall–Kier alpha value is -2.58. The number of sulfonamides is 1. The van der Waals surface area contributed by atoms with Crippen LogP contribution in [0.15, 0.2) is 48.5 Å². The standard InChI is InChI=1S/C18H17FN2O4S/c19-14-7-5-13(6-8-14)9-10-20-26(24,25)12-11-21-17(22)15-3-1-2-4-16(15)18(21)23/h1-8,20H,9-12H2. The van der Waals surface area contributed by atoms with Crippen LogP contribution in [-0.4, -0.2) is 44.0 Å². The molecule has 26 heavy (non-hydrogen) atoms. The first-order valence-corrected chi connectivity index (χ1v) is 9.69. The second-order valence-corrected chi connectivity index (χ2v) is 7.82. The van der Waals surface area contributed by atoms with Crippen molar-refractivity contribution in [1.82, 2.24) is 9.62 Å². The van der Waals surface area contributed by atoms with Crippen LogP contribution in [0.3, 0.4) is 0 Å². The molecule has 0 radical (unpaired) electrons. The van der Waals surface area contributed by atoms with Gasteiger partial charge in [0.1, 0.15) is 5.82 Å². The van der Waals surface area contributed by atoms with Crippen LogP contribution in [0.2, 0.25) is 0 Å². The van der Waals surface area contributed by atoms with Crippen molar-refractivity contribution in [2.75, 3.05) is 18.8 Å². The maximum absolute atomic E-state index is 12.8. The van der Waals surface area contributed by atoms with Crippen molar-refractivity contribution < 1.29 is 22.4 Å². The molecular weight excluding hydrogens is 359 g/mol. The van der Waals surface area contributed by atoms with E-state index in [9.17, 15) is 22.4 Å². The largest absolute Gasteiger partial charge is 0.273 e. The molecule has 0 spiro atoms. The summed E-state index contributed by atoms with van der Waals surface area (Å²) >= 11 is 0. The lowest BCUT2D eigenvalue weighted by molar-refractivity contribution is 0.0664. The monoisotopic (exact) mass is 376 g/mol. The molecule has 3 rings (SSSR count). The average molecular weight is 376 g/mol. The zero-order valence-corrected chi connectivity index (χ0v) is 14.6. The number of carbonyl (C=O) groups excluding carboxylic acids is 2. The molecule has 1 N–H and O–H groups in total. The summed E-state index contributed by atoms with van der Waals surface area (Å²) in [6.07, 6.45) is 0.409. The number of imide groups is 1. The number of hydrogen-bond donors (Lipinski definition) is 1. The molecule has 1 aliphatic heterocycles. The molecule has 0 saturated carbocycles. The van der Waals surface area contributed by atoms with Gasteiger partial charge < -0.3 is 0 Å². The molecule has 2 aromatic carbocycles. The predicted octanol–water partition coefficient (Wildman–Crippen LogP) is 1.58. The molecule has 1 aliphatic rings. The molecule has 0 fully saturated rings. The zero-order valence-electron chi connectivity index (χ0n) is 13.8. The molecule has 8 heteroatoms. The first-order valence-electron chi connectivity index (χ1n) is 8.04. The Morgan fingerprint density at radius 3 is 2.08 bits per heavy atom. The van der Waals surface area contributed by atoms with E-state index in [0.29, 0.717) is 17.5 Å². The van der Waals surface area contributed by atoms with Crippen LogP contribution < -0.4 is 4.72 Å². The van der Waals surface area contributed by atoms with Gasteiger partial charge in [-0.15, -0.1) is 0 Å². The highest BCUT2D eigenvalue weighted by Crippen LogP contribution is 2.22. The number of fused-ring (bicyclic) bond motifs is 1. The Kier molecular flexibility index (Phi) is 5.15. The summed E-state index contributed by atoms with van der Waals surface area (Å²) < 4.78 is 39.5. The number of benzene rings is 2. The Morgan fingerprint density at radius 1 is 0.923 bits per heavy atom. The average Bonchev–Trinajstić information content (AvgIpc) is 2.86. The lowest BCUT2D eigenvalue weighted by Crippen LogP contribution is -2.38. The summed E-state index contributed by atoms with van der Waals surface area (Å²) in [5.41, 5.74) is 1.38. The van der Waals surface area contributed by atoms with Gasteiger partial charge in [-0.1, -0.05) is 24.3 Å². The molecule has 0 unspecified atom stereocenters. The van der Waals surface area contributed by atoms with E-state index < -0.39 is 21.8 Å². The number of nitrogens with zero attached hydrogens (tertiary/aromatic N) is 1. The molecule has 0 atom stereocenters. The Bertz CT molecular complexity index is 907. The van der Waals surface area contributed by atoms with E-state index in [2.05, 4.69) is 4.72 Å². The number of hydrogen-bond acceptors (Lipinski definition) is 4. The van der Waals surface area contributed by atoms with Gasteiger partial charge in [0.25, 0.3) is 11.8 Å². The van der Waals surface area contributed by atoms with Crippen LogP contribution in [0.5, 0.6) is 0 Å². The van der Waals surface area contributed by atoms with Crippen LogP contribution in [0.25, 0.3) is 0 Å². The number of rotatable bonds is 7. The first kappa shape index (κ1) is 18.2. The normalized spacial score (nSPS) is 14.0. The minimum atomic E-state index is -3.65. The SMILES string of the molecule is O=C1c2ccccc2C(=O)N1CCS(=O)(=O)NCCc1ccc(F)cc1. The second kappa shape index (κ2) is 7.35. The minimum absolute atomic E-state index is 0.149. The van der Waals surface area contributed by atoms with Crippen molar-refractivity contribution in [2.45, 2.75) is 6.42 Å². The summed E-state index contributed by atoms with van der Waals surface area (Å²) in [5.74, 6) is -1.68. The fraction of sp³-hybridized carbons (Fsp3) is 0.222. The molecule has 0 saturated heterocycles. The molecule has 6 nitrogen and oxygen atoms in total. The van der Waals surface area contributed by atoms with E-state index in [1.54, 1.807) is 36.4 Å². The van der Waals surface area contributed by atoms with Crippen LogP contribution in [-0.2, 0) is 16.4 Å². The number of nitrogens with one attached hydrogen (secondary N) is 1. The number of amides is 2. The summed E-state index contributed by atoms with van der Waals surface area (Å²) in [6, 6.07) is 12.2. The predicted molar refractivity (Wildman–Crippen MR) is 93.7 cm³/mol. The van der Waals surface area contributed by atoms with Crippen molar-refractivity contribution in [3.05, 3.63) is 71.0 Å². The van der Waals surface area contributed by atoms with E-state index >= 15 is 0 Å². The molecule has 0 bridgehead atoms. The topological polar surface area (TPSA) is 83.6 Å². The maximum Gasteiger partial charge on any atom is 0.261 e. The van der Waals surface area contributed by atoms with E-state index in [1.807, 2.05) is 0 Å². The van der Waals surface area contributed by atoms with Crippen LogP contribution >= 0.6 is 0 Å². The zero-order chi connectivity index (χ0) is 18.7. The third-order valence-electron chi connectivity index (χ3n) is 4.11. The third-order valence-corrected chi connectivity index (χ3v) is 5.47. The van der Waals surface area contributed by atoms with Crippen molar-refractivity contribution in [3.63, 3.8) is 0 Å². The maximum atomic E-state index is 12.8. The van der Waals surface area contributed by atoms with Crippen molar-refractivity contribution >= 4 is 21.8 Å². The minimum Gasteiger partial charge on any atom is -0.273 e. The van der Waals surface area contributed by atoms with Crippen LogP contribution in [0, 0.1) is 5.82 Å². The molecule has 2 amide bonds. The molecule has 136 valence electrons. The highest BCUT2D eigenvalue weighted by atomic mass is 32.2. The van der Waals surface area contributed by atoms with E-state index in [-0.39, 0.29) is 24.7 Å². The third kappa shape index (κ3) is 3.97. The second-order valence-electron chi connectivity index (χ2n) is 5.90. The fourth-order valence-corrected chi connectivity index (χ4v) is 3.71. The van der Waals surface area contributed by atoms with E-state index in [0.717, 1.165) is 10.5 Å². The van der Waals surface area contributed by atoms with Crippen molar-refractivity contribution in [3.8, 4) is 0 Å². The van der Waals surface area contributed by atoms with Gasteiger partial charge in [-0.2, -0.15) is 0 Å². The van der Waals surface area contributed by atoms with Crippen molar-refractivity contribution in [1.29, 1.82) is 0 Å². The lowest BCUT2D eigenvalue weighted by atomic mass is 10.1. The quantitative estimate of drug-likeness (QED) is 0.744. The molecule has 0 aromatic heterocycles. The Morgan fingerprint density at radius 2 is 1.50 bits per heavy atom. The van der Waals surface area contributed by atoms with Gasteiger partial charge in [-0.3, -0.25) is 14.5 Å². The highest BCUT2D eigenvalue weighted by Gasteiger charge is 2.35. The Labute approximate surface area is 150 Å².